The van der Waals surface area contributed by atoms with E-state index in [-0.39, 0.29) is 0 Å². The van der Waals surface area contributed by atoms with Gasteiger partial charge in [-0.15, -0.1) is 0 Å². The average molecular weight is 292 g/mol. The van der Waals surface area contributed by atoms with Crippen molar-refractivity contribution in [2.24, 2.45) is 0 Å². The van der Waals surface area contributed by atoms with Crippen molar-refractivity contribution in [2.45, 2.75) is 25.7 Å². The molecule has 1 aromatic rings. The Bertz CT molecular complexity index is 510. The SMILES string of the molecule is CCNC(=O)Oc1cccc(C2CCN(C(=O)O)CC2)c1. The second-order valence-corrected chi connectivity index (χ2v) is 5.04. The fraction of sp³-hybridized carbons (Fsp3) is 0.467. The Hall–Kier alpha value is -2.24. The molecule has 21 heavy (non-hydrogen) atoms. The standard InChI is InChI=1S/C15H20N2O4/c1-2-16-14(18)21-13-5-3-4-12(10-13)11-6-8-17(9-7-11)15(19)20/h3-5,10-11H,2,6-9H2,1H3,(H,16,18)(H,19,20). The summed E-state index contributed by atoms with van der Waals surface area (Å²) in [5.74, 6) is 0.817. The van der Waals surface area contributed by atoms with Gasteiger partial charge in [-0.25, -0.2) is 9.59 Å². The third-order valence-electron chi connectivity index (χ3n) is 3.63. The molecular formula is C15H20N2O4. The van der Waals surface area contributed by atoms with Crippen LogP contribution in [0, 0.1) is 0 Å². The van der Waals surface area contributed by atoms with Crippen LogP contribution in [0.3, 0.4) is 0 Å². The number of piperidine rings is 1. The molecular weight excluding hydrogens is 272 g/mol. The second-order valence-electron chi connectivity index (χ2n) is 5.04. The molecule has 6 nitrogen and oxygen atoms in total. The Balaban J connectivity index is 1.98. The van der Waals surface area contributed by atoms with Crippen LogP contribution in [-0.2, 0) is 0 Å². The highest BCUT2D eigenvalue weighted by molar-refractivity contribution is 5.70. The van der Waals surface area contributed by atoms with E-state index in [0.717, 1.165) is 18.4 Å². The maximum Gasteiger partial charge on any atom is 0.412 e. The fourth-order valence-corrected chi connectivity index (χ4v) is 2.52. The maximum atomic E-state index is 11.4. The topological polar surface area (TPSA) is 78.9 Å². The molecule has 1 saturated heterocycles. The number of carboxylic acid groups (broad SMARTS) is 1. The number of nitrogens with zero attached hydrogens (tertiary/aromatic N) is 1. The number of hydrogen-bond donors (Lipinski definition) is 2. The van der Waals surface area contributed by atoms with Crippen LogP contribution < -0.4 is 10.1 Å². The molecule has 2 rings (SSSR count). The van der Waals surface area contributed by atoms with Gasteiger partial charge < -0.3 is 20.1 Å². The van der Waals surface area contributed by atoms with Crippen LogP contribution in [-0.4, -0.2) is 41.8 Å². The van der Waals surface area contributed by atoms with E-state index >= 15 is 0 Å². The molecule has 0 spiro atoms. The molecule has 0 aliphatic carbocycles. The van der Waals surface area contributed by atoms with Gasteiger partial charge in [0.15, 0.2) is 0 Å². The van der Waals surface area contributed by atoms with E-state index < -0.39 is 12.2 Å². The largest absolute Gasteiger partial charge is 0.465 e. The van der Waals surface area contributed by atoms with Crippen molar-refractivity contribution in [1.29, 1.82) is 0 Å². The molecule has 1 fully saturated rings. The third-order valence-corrected chi connectivity index (χ3v) is 3.63. The van der Waals surface area contributed by atoms with E-state index in [1.165, 1.54) is 4.90 Å². The zero-order valence-electron chi connectivity index (χ0n) is 12.0. The van der Waals surface area contributed by atoms with Gasteiger partial charge in [-0.05, 0) is 43.4 Å². The highest BCUT2D eigenvalue weighted by atomic mass is 16.6. The fourth-order valence-electron chi connectivity index (χ4n) is 2.52. The van der Waals surface area contributed by atoms with E-state index in [0.29, 0.717) is 31.3 Å². The summed E-state index contributed by atoms with van der Waals surface area (Å²) >= 11 is 0. The number of amides is 2. The smallest absolute Gasteiger partial charge is 0.412 e. The van der Waals surface area contributed by atoms with Crippen LogP contribution in [0.15, 0.2) is 24.3 Å². The number of ether oxygens (including phenoxy) is 1. The van der Waals surface area contributed by atoms with Crippen molar-refractivity contribution < 1.29 is 19.4 Å². The predicted molar refractivity (Wildman–Crippen MR) is 77.7 cm³/mol. The number of carbonyl (C=O) groups is 2. The minimum Gasteiger partial charge on any atom is -0.465 e. The first-order valence-electron chi connectivity index (χ1n) is 7.13. The van der Waals surface area contributed by atoms with Gasteiger partial charge >= 0.3 is 12.2 Å². The van der Waals surface area contributed by atoms with E-state index in [2.05, 4.69) is 5.32 Å². The highest BCUT2D eigenvalue weighted by Gasteiger charge is 2.23. The molecule has 1 heterocycles. The lowest BCUT2D eigenvalue weighted by Crippen LogP contribution is -2.36. The zero-order valence-corrected chi connectivity index (χ0v) is 12.0. The van der Waals surface area contributed by atoms with Gasteiger partial charge in [0.2, 0.25) is 0 Å². The number of rotatable bonds is 3. The molecule has 0 saturated carbocycles. The summed E-state index contributed by atoms with van der Waals surface area (Å²) in [6.45, 7) is 3.43. The van der Waals surface area contributed by atoms with Crippen molar-refractivity contribution in [3.63, 3.8) is 0 Å². The molecule has 2 N–H and O–H groups in total. The lowest BCUT2D eigenvalue weighted by molar-refractivity contribution is 0.132. The van der Waals surface area contributed by atoms with Gasteiger partial charge in [-0.3, -0.25) is 0 Å². The normalized spacial score (nSPS) is 15.6. The van der Waals surface area contributed by atoms with Crippen LogP contribution in [0.1, 0.15) is 31.2 Å². The van der Waals surface area contributed by atoms with Crippen molar-refractivity contribution in [3.8, 4) is 5.75 Å². The van der Waals surface area contributed by atoms with Crippen LogP contribution in [0.5, 0.6) is 5.75 Å². The minimum atomic E-state index is -0.859. The molecule has 1 aromatic carbocycles. The molecule has 0 atom stereocenters. The molecule has 114 valence electrons. The van der Waals surface area contributed by atoms with Gasteiger partial charge in [0.1, 0.15) is 5.75 Å². The maximum absolute atomic E-state index is 11.4. The summed E-state index contributed by atoms with van der Waals surface area (Å²) in [5.41, 5.74) is 1.09. The van der Waals surface area contributed by atoms with Crippen LogP contribution in [0.4, 0.5) is 9.59 Å². The van der Waals surface area contributed by atoms with E-state index in [4.69, 9.17) is 9.84 Å². The second kappa shape index (κ2) is 6.97. The Morgan fingerprint density at radius 2 is 2.10 bits per heavy atom. The Morgan fingerprint density at radius 1 is 1.38 bits per heavy atom. The van der Waals surface area contributed by atoms with Gasteiger partial charge in [0, 0.05) is 19.6 Å². The van der Waals surface area contributed by atoms with Crippen LogP contribution in [0.25, 0.3) is 0 Å². The molecule has 0 bridgehead atoms. The van der Waals surface area contributed by atoms with Crippen LogP contribution >= 0.6 is 0 Å². The molecule has 0 aromatic heterocycles. The molecule has 6 heteroatoms. The Labute approximate surface area is 123 Å². The average Bonchev–Trinajstić information content (AvgIpc) is 2.48. The van der Waals surface area contributed by atoms with E-state index in [1.54, 1.807) is 6.07 Å². The first-order chi connectivity index (χ1) is 10.1. The number of carbonyl (C=O) groups excluding carboxylic acids is 1. The number of benzene rings is 1. The van der Waals surface area contributed by atoms with Crippen molar-refractivity contribution in [2.75, 3.05) is 19.6 Å². The first-order valence-corrected chi connectivity index (χ1v) is 7.13. The Kier molecular flexibility index (Phi) is 5.03. The van der Waals surface area contributed by atoms with Gasteiger partial charge in [0.05, 0.1) is 0 Å². The summed E-state index contributed by atoms with van der Waals surface area (Å²) in [4.78, 5) is 23.7. The summed E-state index contributed by atoms with van der Waals surface area (Å²) in [5, 5.41) is 11.5. The highest BCUT2D eigenvalue weighted by Crippen LogP contribution is 2.30. The third kappa shape index (κ3) is 4.11. The molecule has 0 unspecified atom stereocenters. The van der Waals surface area contributed by atoms with Crippen LogP contribution in [0.2, 0.25) is 0 Å². The number of likely N-dealkylation sites (tertiary alicyclic amines) is 1. The van der Waals surface area contributed by atoms with E-state index in [9.17, 15) is 9.59 Å². The van der Waals surface area contributed by atoms with Gasteiger partial charge in [-0.2, -0.15) is 0 Å². The number of nitrogens with one attached hydrogen (secondary N) is 1. The zero-order chi connectivity index (χ0) is 15.2. The quantitative estimate of drug-likeness (QED) is 0.897. The molecule has 1 aliphatic rings. The monoisotopic (exact) mass is 292 g/mol. The molecule has 1 aliphatic heterocycles. The number of hydrogen-bond acceptors (Lipinski definition) is 3. The summed E-state index contributed by atoms with van der Waals surface area (Å²) in [7, 11) is 0. The minimum absolute atomic E-state index is 0.304. The lowest BCUT2D eigenvalue weighted by Gasteiger charge is -2.30. The van der Waals surface area contributed by atoms with Crippen molar-refractivity contribution >= 4 is 12.2 Å². The van der Waals surface area contributed by atoms with Crippen molar-refractivity contribution in [3.05, 3.63) is 29.8 Å². The van der Waals surface area contributed by atoms with Gasteiger partial charge in [-0.1, -0.05) is 12.1 Å². The molecule has 0 radical (unpaired) electrons. The molecule has 2 amide bonds. The Morgan fingerprint density at radius 3 is 2.71 bits per heavy atom. The lowest BCUT2D eigenvalue weighted by atomic mass is 9.89. The summed E-state index contributed by atoms with van der Waals surface area (Å²) in [6, 6.07) is 7.45. The van der Waals surface area contributed by atoms with Crippen molar-refractivity contribution in [1.82, 2.24) is 10.2 Å². The van der Waals surface area contributed by atoms with E-state index in [1.807, 2.05) is 25.1 Å². The first kappa shape index (κ1) is 15.2. The summed E-state index contributed by atoms with van der Waals surface area (Å²) in [6.07, 6.45) is 0.255. The summed E-state index contributed by atoms with van der Waals surface area (Å²) < 4.78 is 5.19. The predicted octanol–water partition coefficient (Wildman–Crippen LogP) is 2.65. The van der Waals surface area contributed by atoms with Gasteiger partial charge in [0.25, 0.3) is 0 Å².